The van der Waals surface area contributed by atoms with E-state index in [1.165, 1.54) is 0 Å². The zero-order valence-electron chi connectivity index (χ0n) is 12.8. The Morgan fingerprint density at radius 1 is 1.20 bits per heavy atom. The first-order chi connectivity index (χ1) is 9.49. The van der Waals surface area contributed by atoms with E-state index in [0.29, 0.717) is 6.54 Å². The predicted molar refractivity (Wildman–Crippen MR) is 81.8 cm³/mol. The van der Waals surface area contributed by atoms with E-state index in [9.17, 15) is 4.79 Å². The number of carbonyl (C=O) groups excluding carboxylic acids is 1. The monoisotopic (exact) mass is 282 g/mol. The number of rotatable bonds is 5. The summed E-state index contributed by atoms with van der Waals surface area (Å²) in [6, 6.07) is 6.03. The van der Waals surface area contributed by atoms with Gasteiger partial charge in [-0.25, -0.2) is 4.94 Å². The Kier molecular flexibility index (Phi) is 9.57. The molecular formula is C14H26N4O2. The van der Waals surface area contributed by atoms with Crippen LogP contribution in [0, 0.1) is 13.8 Å². The summed E-state index contributed by atoms with van der Waals surface area (Å²) in [5.41, 5.74) is 3.17. The van der Waals surface area contributed by atoms with Gasteiger partial charge in [0.15, 0.2) is 0 Å². The molecule has 0 fully saturated rings. The summed E-state index contributed by atoms with van der Waals surface area (Å²) in [5, 5.41) is 3.00. The van der Waals surface area contributed by atoms with Crippen molar-refractivity contribution in [1.29, 1.82) is 0 Å². The molecule has 0 aliphatic carbocycles. The first-order valence-corrected chi connectivity index (χ1v) is 6.64. The molecule has 114 valence electrons. The fourth-order valence-electron chi connectivity index (χ4n) is 1.84. The van der Waals surface area contributed by atoms with E-state index in [2.05, 4.69) is 40.8 Å². The normalized spacial score (nSPS) is 9.95. The van der Waals surface area contributed by atoms with Crippen LogP contribution in [0.4, 0.5) is 5.69 Å². The Morgan fingerprint density at radius 2 is 1.65 bits per heavy atom. The number of carbonyl (C=O) groups is 1. The van der Waals surface area contributed by atoms with Gasteiger partial charge in [0.2, 0.25) is 5.91 Å². The fraction of sp³-hybridized carbons (Fsp3) is 0.500. The Balaban J connectivity index is 0.00000110. The summed E-state index contributed by atoms with van der Waals surface area (Å²) >= 11 is 0. The SMILES string of the molecule is CCN(CC)CC(=O)Nc1c(C)cccc1C.NON. The van der Waals surface area contributed by atoms with E-state index in [0.717, 1.165) is 29.9 Å². The molecule has 0 heterocycles. The van der Waals surface area contributed by atoms with E-state index >= 15 is 0 Å². The molecule has 1 amide bonds. The standard InChI is InChI=1S/C14H22N2O.H4N2O/c1-5-16(6-2)10-13(17)15-14-11(3)8-7-9-12(14)4;1-3-2/h7-9H,5-6,10H2,1-4H3,(H,15,17);1-2H2. The Labute approximate surface area is 121 Å². The maximum Gasteiger partial charge on any atom is 0.238 e. The second kappa shape index (κ2) is 10.3. The van der Waals surface area contributed by atoms with Gasteiger partial charge in [-0.3, -0.25) is 9.69 Å². The number of anilines is 1. The summed E-state index contributed by atoms with van der Waals surface area (Å²) in [4.78, 5) is 17.2. The van der Waals surface area contributed by atoms with Crippen molar-refractivity contribution in [3.8, 4) is 0 Å². The summed E-state index contributed by atoms with van der Waals surface area (Å²) in [7, 11) is 0. The maximum absolute atomic E-state index is 11.9. The molecule has 1 aromatic carbocycles. The van der Waals surface area contributed by atoms with Gasteiger partial charge in [-0.1, -0.05) is 32.0 Å². The molecule has 0 saturated heterocycles. The molecule has 0 spiro atoms. The zero-order valence-corrected chi connectivity index (χ0v) is 12.8. The van der Waals surface area contributed by atoms with Crippen LogP contribution in [0.5, 0.6) is 0 Å². The summed E-state index contributed by atoms with van der Waals surface area (Å²) < 4.78 is 0. The average Bonchev–Trinajstić information content (AvgIpc) is 2.41. The third-order valence-corrected chi connectivity index (χ3v) is 3.01. The van der Waals surface area contributed by atoms with Crippen molar-refractivity contribution in [3.05, 3.63) is 29.3 Å². The molecule has 0 unspecified atom stereocenters. The van der Waals surface area contributed by atoms with Crippen LogP contribution in [-0.2, 0) is 9.73 Å². The van der Waals surface area contributed by atoms with Crippen molar-refractivity contribution in [1.82, 2.24) is 4.90 Å². The van der Waals surface area contributed by atoms with E-state index in [1.54, 1.807) is 0 Å². The van der Waals surface area contributed by atoms with Gasteiger partial charge in [0.05, 0.1) is 6.54 Å². The summed E-state index contributed by atoms with van der Waals surface area (Å²) in [6.45, 7) is 10.4. The fourth-order valence-corrected chi connectivity index (χ4v) is 1.84. The van der Waals surface area contributed by atoms with Gasteiger partial charge < -0.3 is 5.32 Å². The highest BCUT2D eigenvalue weighted by atomic mass is 16.7. The molecule has 0 bridgehead atoms. The molecule has 0 radical (unpaired) electrons. The number of hydrogen-bond acceptors (Lipinski definition) is 5. The molecular weight excluding hydrogens is 256 g/mol. The van der Waals surface area contributed by atoms with Crippen LogP contribution < -0.4 is 17.1 Å². The van der Waals surface area contributed by atoms with Crippen molar-refractivity contribution >= 4 is 11.6 Å². The maximum atomic E-state index is 11.9. The van der Waals surface area contributed by atoms with Crippen molar-refractivity contribution < 1.29 is 9.73 Å². The highest BCUT2D eigenvalue weighted by Gasteiger charge is 2.09. The van der Waals surface area contributed by atoms with Gasteiger partial charge in [-0.2, -0.15) is 11.8 Å². The summed E-state index contributed by atoms with van der Waals surface area (Å²) in [5.74, 6) is 8.31. The van der Waals surface area contributed by atoms with Crippen LogP contribution in [0.3, 0.4) is 0 Å². The Hall–Kier alpha value is -1.47. The number of hydrogen-bond donors (Lipinski definition) is 3. The smallest absolute Gasteiger partial charge is 0.238 e. The zero-order chi connectivity index (χ0) is 15.5. The van der Waals surface area contributed by atoms with E-state index < -0.39 is 0 Å². The lowest BCUT2D eigenvalue weighted by Gasteiger charge is -2.18. The van der Waals surface area contributed by atoms with Crippen molar-refractivity contribution in [2.24, 2.45) is 11.8 Å². The number of para-hydroxylation sites is 1. The third kappa shape index (κ3) is 6.63. The molecule has 0 atom stereocenters. The van der Waals surface area contributed by atoms with Gasteiger partial charge >= 0.3 is 0 Å². The topological polar surface area (TPSA) is 93.6 Å². The van der Waals surface area contributed by atoms with Crippen LogP contribution in [0.15, 0.2) is 18.2 Å². The largest absolute Gasteiger partial charge is 0.324 e. The highest BCUT2D eigenvalue weighted by molar-refractivity contribution is 5.93. The number of benzene rings is 1. The lowest BCUT2D eigenvalue weighted by molar-refractivity contribution is -0.117. The second-order valence-electron chi connectivity index (χ2n) is 4.41. The molecule has 0 saturated carbocycles. The van der Waals surface area contributed by atoms with Gasteiger partial charge in [0.25, 0.3) is 0 Å². The minimum atomic E-state index is 0.0612. The quantitative estimate of drug-likeness (QED) is 0.708. The van der Waals surface area contributed by atoms with Gasteiger partial charge in [-0.05, 0) is 38.1 Å². The molecule has 0 aliphatic heterocycles. The highest BCUT2D eigenvalue weighted by Crippen LogP contribution is 2.19. The van der Waals surface area contributed by atoms with Crippen LogP contribution in [0.1, 0.15) is 25.0 Å². The summed E-state index contributed by atoms with van der Waals surface area (Å²) in [6.07, 6.45) is 0. The molecule has 5 N–H and O–H groups in total. The van der Waals surface area contributed by atoms with Crippen LogP contribution in [0.25, 0.3) is 0 Å². The number of aryl methyl sites for hydroxylation is 2. The molecule has 6 heteroatoms. The van der Waals surface area contributed by atoms with Crippen molar-refractivity contribution in [3.63, 3.8) is 0 Å². The second-order valence-corrected chi connectivity index (χ2v) is 4.41. The third-order valence-electron chi connectivity index (χ3n) is 3.01. The Bertz CT molecular complexity index is 386. The van der Waals surface area contributed by atoms with Gasteiger partial charge in [0, 0.05) is 5.69 Å². The molecule has 0 aliphatic rings. The predicted octanol–water partition coefficient (Wildman–Crippen LogP) is 1.33. The van der Waals surface area contributed by atoms with Crippen molar-refractivity contribution in [2.45, 2.75) is 27.7 Å². The van der Waals surface area contributed by atoms with Gasteiger partial charge in [-0.15, -0.1) is 0 Å². The van der Waals surface area contributed by atoms with Crippen LogP contribution >= 0.6 is 0 Å². The van der Waals surface area contributed by atoms with E-state index in [-0.39, 0.29) is 5.91 Å². The van der Waals surface area contributed by atoms with Crippen LogP contribution in [-0.4, -0.2) is 30.4 Å². The molecule has 6 nitrogen and oxygen atoms in total. The molecule has 1 rings (SSSR count). The first kappa shape index (κ1) is 18.5. The lowest BCUT2D eigenvalue weighted by atomic mass is 10.1. The number of nitrogens with two attached hydrogens (primary N) is 2. The van der Waals surface area contributed by atoms with Crippen LogP contribution in [0.2, 0.25) is 0 Å². The first-order valence-electron chi connectivity index (χ1n) is 6.64. The Morgan fingerprint density at radius 3 is 2.05 bits per heavy atom. The molecule has 0 aromatic heterocycles. The minimum Gasteiger partial charge on any atom is -0.324 e. The van der Waals surface area contributed by atoms with E-state index in [4.69, 9.17) is 0 Å². The van der Waals surface area contributed by atoms with E-state index in [1.807, 2.05) is 32.0 Å². The number of nitrogens with one attached hydrogen (secondary N) is 1. The lowest BCUT2D eigenvalue weighted by Crippen LogP contribution is -2.33. The number of amides is 1. The molecule has 1 aromatic rings. The number of likely N-dealkylation sites (N-methyl/N-ethyl adjacent to an activating group) is 1. The van der Waals surface area contributed by atoms with Gasteiger partial charge in [0.1, 0.15) is 0 Å². The van der Waals surface area contributed by atoms with Crippen molar-refractivity contribution in [2.75, 3.05) is 25.0 Å². The number of nitrogens with zero attached hydrogens (tertiary/aromatic N) is 1. The average molecular weight is 282 g/mol. The molecule has 20 heavy (non-hydrogen) atoms. The minimum absolute atomic E-state index is 0.0612.